The quantitative estimate of drug-likeness (QED) is 0.306. The number of hydrogen-bond acceptors (Lipinski definition) is 10. The van der Waals surface area contributed by atoms with E-state index in [0.29, 0.717) is 36.1 Å². The van der Waals surface area contributed by atoms with Crippen LogP contribution in [0.3, 0.4) is 0 Å². The van der Waals surface area contributed by atoms with E-state index in [4.69, 9.17) is 23.6 Å². The van der Waals surface area contributed by atoms with Crippen LogP contribution in [0.15, 0.2) is 46.0 Å². The molecule has 4 heterocycles. The smallest absolute Gasteiger partial charge is 0.287 e. The molecule has 3 aromatic rings. The monoisotopic (exact) mass is 537 g/mol. The van der Waals surface area contributed by atoms with Gasteiger partial charge in [-0.1, -0.05) is 17.8 Å². The Morgan fingerprint density at radius 3 is 2.74 bits per heavy atom. The summed E-state index contributed by atoms with van der Waals surface area (Å²) in [6, 6.07) is 12.0. The molecule has 0 atom stereocenters. The summed E-state index contributed by atoms with van der Waals surface area (Å²) in [6.07, 6.45) is 2.09. The van der Waals surface area contributed by atoms with Crippen molar-refractivity contribution >= 4 is 23.5 Å². The Balaban J connectivity index is 1.06. The SMILES string of the molecule is COCc1cc(N2CCN(Cc3ccc4c(c3)OCO4)CC2)nc(SCc2ccc(C(=O)NC3CC3)o2)n1. The van der Waals surface area contributed by atoms with E-state index in [0.717, 1.165) is 74.3 Å². The Bertz CT molecular complexity index is 1290. The number of benzene rings is 1. The van der Waals surface area contributed by atoms with E-state index in [1.54, 1.807) is 13.2 Å². The van der Waals surface area contributed by atoms with Gasteiger partial charge in [0.1, 0.15) is 11.6 Å². The number of methoxy groups -OCH3 is 1. The van der Waals surface area contributed by atoms with Crippen LogP contribution in [0.1, 0.15) is 40.4 Å². The van der Waals surface area contributed by atoms with Gasteiger partial charge in [-0.3, -0.25) is 9.69 Å². The Morgan fingerprint density at radius 1 is 1.08 bits per heavy atom. The van der Waals surface area contributed by atoms with E-state index in [9.17, 15) is 4.79 Å². The predicted molar refractivity (Wildman–Crippen MR) is 142 cm³/mol. The molecule has 1 N–H and O–H groups in total. The van der Waals surface area contributed by atoms with E-state index in [1.807, 2.05) is 18.2 Å². The highest BCUT2D eigenvalue weighted by molar-refractivity contribution is 7.98. The molecule has 1 aliphatic carbocycles. The van der Waals surface area contributed by atoms with Gasteiger partial charge in [0.2, 0.25) is 6.79 Å². The van der Waals surface area contributed by atoms with Gasteiger partial charge in [0.25, 0.3) is 5.91 Å². The Labute approximate surface area is 225 Å². The number of ether oxygens (including phenoxy) is 3. The normalized spacial score (nSPS) is 17.1. The van der Waals surface area contributed by atoms with Crippen molar-refractivity contribution in [3.05, 3.63) is 59.2 Å². The van der Waals surface area contributed by atoms with Crippen LogP contribution in [0.4, 0.5) is 5.82 Å². The molecule has 6 rings (SSSR count). The fraction of sp³-hybridized carbons (Fsp3) is 0.444. The summed E-state index contributed by atoms with van der Waals surface area (Å²) in [6.45, 7) is 5.18. The van der Waals surface area contributed by atoms with Crippen LogP contribution in [0.2, 0.25) is 0 Å². The summed E-state index contributed by atoms with van der Waals surface area (Å²) < 4.78 is 22.1. The number of rotatable bonds is 10. The number of fused-ring (bicyclic) bond motifs is 1. The Kier molecular flexibility index (Phi) is 7.39. The number of carbonyl (C=O) groups is 1. The first-order valence-electron chi connectivity index (χ1n) is 12.9. The Morgan fingerprint density at radius 2 is 1.92 bits per heavy atom. The van der Waals surface area contributed by atoms with Gasteiger partial charge >= 0.3 is 0 Å². The zero-order valence-electron chi connectivity index (χ0n) is 21.4. The van der Waals surface area contributed by atoms with Gasteiger partial charge in [-0.2, -0.15) is 0 Å². The lowest BCUT2D eigenvalue weighted by Gasteiger charge is -2.35. The molecule has 0 spiro atoms. The fourth-order valence-electron chi connectivity index (χ4n) is 4.54. The second kappa shape index (κ2) is 11.2. The lowest BCUT2D eigenvalue weighted by molar-refractivity contribution is 0.0922. The number of amides is 1. The fourth-order valence-corrected chi connectivity index (χ4v) is 5.30. The van der Waals surface area contributed by atoms with E-state index in [1.165, 1.54) is 17.3 Å². The highest BCUT2D eigenvalue weighted by Gasteiger charge is 2.25. The van der Waals surface area contributed by atoms with Gasteiger partial charge in [0, 0.05) is 51.9 Å². The predicted octanol–water partition coefficient (Wildman–Crippen LogP) is 3.45. The summed E-state index contributed by atoms with van der Waals surface area (Å²) in [7, 11) is 1.67. The maximum Gasteiger partial charge on any atom is 0.287 e. The molecular formula is C27H31N5O5S. The Hall–Kier alpha value is -3.28. The van der Waals surface area contributed by atoms with Crippen molar-refractivity contribution in [3.8, 4) is 11.5 Å². The zero-order chi connectivity index (χ0) is 25.9. The maximum absolute atomic E-state index is 12.2. The van der Waals surface area contributed by atoms with E-state index in [-0.39, 0.29) is 5.91 Å². The van der Waals surface area contributed by atoms with Crippen molar-refractivity contribution in [1.29, 1.82) is 0 Å². The molecule has 2 aromatic heterocycles. The third-order valence-corrected chi connectivity index (χ3v) is 7.59. The van der Waals surface area contributed by atoms with Crippen molar-refractivity contribution in [2.45, 2.75) is 42.9 Å². The molecule has 200 valence electrons. The third kappa shape index (κ3) is 6.06. The van der Waals surface area contributed by atoms with Crippen LogP contribution >= 0.6 is 11.8 Å². The van der Waals surface area contributed by atoms with E-state index in [2.05, 4.69) is 32.2 Å². The van der Waals surface area contributed by atoms with Crippen LogP contribution < -0.4 is 19.7 Å². The van der Waals surface area contributed by atoms with Crippen molar-refractivity contribution in [3.63, 3.8) is 0 Å². The summed E-state index contributed by atoms with van der Waals surface area (Å²) >= 11 is 1.49. The van der Waals surface area contributed by atoms with Crippen LogP contribution in [-0.4, -0.2) is 66.9 Å². The minimum Gasteiger partial charge on any atom is -0.455 e. The van der Waals surface area contributed by atoms with Gasteiger partial charge in [-0.15, -0.1) is 0 Å². The third-order valence-electron chi connectivity index (χ3n) is 6.72. The number of carbonyl (C=O) groups excluding carboxylic acids is 1. The average Bonchev–Trinajstić information content (AvgIpc) is 3.41. The molecule has 1 amide bonds. The maximum atomic E-state index is 12.2. The molecule has 0 bridgehead atoms. The number of hydrogen-bond donors (Lipinski definition) is 1. The lowest BCUT2D eigenvalue weighted by Crippen LogP contribution is -2.46. The number of aromatic nitrogens is 2. The largest absolute Gasteiger partial charge is 0.455 e. The standard InChI is InChI=1S/C27H31N5O5S/c1-34-15-20-13-25(30-27(29-20)38-16-21-5-7-23(37-21)26(33)28-19-3-4-19)32-10-8-31(9-11-32)14-18-2-6-22-24(12-18)36-17-35-22/h2,5-7,12-13,19H,3-4,8-11,14-17H2,1H3,(H,28,33). The molecule has 0 radical (unpaired) electrons. The van der Waals surface area contributed by atoms with Gasteiger partial charge < -0.3 is 28.8 Å². The highest BCUT2D eigenvalue weighted by atomic mass is 32.2. The zero-order valence-corrected chi connectivity index (χ0v) is 22.2. The number of piperazine rings is 1. The van der Waals surface area contributed by atoms with Crippen molar-refractivity contribution in [2.75, 3.05) is 45.0 Å². The lowest BCUT2D eigenvalue weighted by atomic mass is 10.1. The number of nitrogens with zero attached hydrogens (tertiary/aromatic N) is 4. The minimum absolute atomic E-state index is 0.151. The van der Waals surface area contributed by atoms with Crippen LogP contribution in [0.5, 0.6) is 11.5 Å². The van der Waals surface area contributed by atoms with Gasteiger partial charge in [0.05, 0.1) is 18.1 Å². The summed E-state index contributed by atoms with van der Waals surface area (Å²) in [5, 5.41) is 3.62. The molecule has 1 aromatic carbocycles. The van der Waals surface area contributed by atoms with E-state index < -0.39 is 0 Å². The number of anilines is 1. The summed E-state index contributed by atoms with van der Waals surface area (Å²) in [5.74, 6) is 4.00. The molecular weight excluding hydrogens is 506 g/mol. The topological polar surface area (TPSA) is 102 Å². The molecule has 2 aliphatic heterocycles. The molecule has 11 heteroatoms. The molecule has 1 saturated carbocycles. The molecule has 38 heavy (non-hydrogen) atoms. The molecule has 3 aliphatic rings. The van der Waals surface area contributed by atoms with E-state index >= 15 is 0 Å². The first-order chi connectivity index (χ1) is 18.6. The summed E-state index contributed by atoms with van der Waals surface area (Å²) in [4.78, 5) is 26.5. The average molecular weight is 538 g/mol. The second-order valence-corrected chi connectivity index (χ2v) is 10.6. The molecule has 2 fully saturated rings. The molecule has 1 saturated heterocycles. The van der Waals surface area contributed by atoms with Gasteiger partial charge in [-0.25, -0.2) is 9.97 Å². The van der Waals surface area contributed by atoms with Gasteiger partial charge in [-0.05, 0) is 42.7 Å². The van der Waals surface area contributed by atoms with Crippen LogP contribution in [0, 0.1) is 0 Å². The molecule has 10 nitrogen and oxygen atoms in total. The van der Waals surface area contributed by atoms with Crippen molar-refractivity contribution in [2.24, 2.45) is 0 Å². The molecule has 0 unspecified atom stereocenters. The van der Waals surface area contributed by atoms with Gasteiger partial charge in [0.15, 0.2) is 22.4 Å². The van der Waals surface area contributed by atoms with Crippen LogP contribution in [0.25, 0.3) is 0 Å². The number of furan rings is 1. The minimum atomic E-state index is -0.151. The van der Waals surface area contributed by atoms with Crippen LogP contribution in [-0.2, 0) is 23.6 Å². The first-order valence-corrected chi connectivity index (χ1v) is 13.9. The first kappa shape index (κ1) is 25.0. The summed E-state index contributed by atoms with van der Waals surface area (Å²) in [5.41, 5.74) is 2.06. The van der Waals surface area contributed by atoms with Crippen molar-refractivity contribution < 1.29 is 23.4 Å². The number of nitrogens with one attached hydrogen (secondary N) is 1. The second-order valence-electron chi connectivity index (χ2n) is 9.69. The number of thioether (sulfide) groups is 1. The van der Waals surface area contributed by atoms with Crippen molar-refractivity contribution in [1.82, 2.24) is 20.2 Å². The highest BCUT2D eigenvalue weighted by Crippen LogP contribution is 2.33.